The van der Waals surface area contributed by atoms with Gasteiger partial charge < -0.3 is 15.4 Å². The van der Waals surface area contributed by atoms with Crippen molar-refractivity contribution in [2.24, 2.45) is 11.7 Å². The summed E-state index contributed by atoms with van der Waals surface area (Å²) in [6, 6.07) is 17.0. The smallest absolute Gasteiger partial charge is 0.252 e. The zero-order valence-corrected chi connectivity index (χ0v) is 17.8. The normalized spacial score (nSPS) is 14.2. The van der Waals surface area contributed by atoms with Gasteiger partial charge in [-0.3, -0.25) is 14.3 Å². The molecule has 1 aromatic heterocycles. The van der Waals surface area contributed by atoms with Gasteiger partial charge in [-0.05, 0) is 61.2 Å². The molecule has 0 unspecified atom stereocenters. The molecule has 164 valence electrons. The molecule has 7 nitrogen and oxygen atoms in total. The van der Waals surface area contributed by atoms with Crippen LogP contribution in [-0.4, -0.2) is 39.6 Å². The van der Waals surface area contributed by atoms with Gasteiger partial charge in [-0.15, -0.1) is 0 Å². The first-order valence-corrected chi connectivity index (χ1v) is 10.7. The van der Waals surface area contributed by atoms with Crippen molar-refractivity contribution >= 4 is 11.8 Å². The molecule has 1 fully saturated rings. The molecule has 0 aliphatic carbocycles. The van der Waals surface area contributed by atoms with E-state index >= 15 is 0 Å². The van der Waals surface area contributed by atoms with Gasteiger partial charge in [0.05, 0.1) is 5.56 Å². The van der Waals surface area contributed by atoms with E-state index in [1.807, 2.05) is 59.5 Å². The summed E-state index contributed by atoms with van der Waals surface area (Å²) in [5.74, 6) is 1.28. The lowest BCUT2D eigenvalue weighted by atomic mass is 9.97. The number of nitrogens with zero attached hydrogens (tertiary/aromatic N) is 3. The van der Waals surface area contributed by atoms with Crippen molar-refractivity contribution in [2.75, 3.05) is 13.1 Å². The van der Waals surface area contributed by atoms with E-state index in [0.29, 0.717) is 42.6 Å². The third-order valence-electron chi connectivity index (χ3n) is 5.68. The van der Waals surface area contributed by atoms with E-state index in [4.69, 9.17) is 10.5 Å². The topological polar surface area (TPSA) is 90.5 Å². The molecule has 0 spiro atoms. The number of para-hydroxylation sites is 1. The molecule has 4 rings (SSSR count). The summed E-state index contributed by atoms with van der Waals surface area (Å²) < 4.78 is 7.63. The van der Waals surface area contributed by atoms with Crippen molar-refractivity contribution in [3.05, 3.63) is 79.0 Å². The summed E-state index contributed by atoms with van der Waals surface area (Å²) in [5.41, 5.74) is 7.37. The molecule has 32 heavy (non-hydrogen) atoms. The third kappa shape index (κ3) is 4.88. The molecule has 1 aliphatic heterocycles. The molecule has 1 aliphatic rings. The van der Waals surface area contributed by atoms with Crippen molar-refractivity contribution in [3.63, 3.8) is 0 Å². The monoisotopic (exact) mass is 430 g/mol. The molecule has 3 aromatic rings. The van der Waals surface area contributed by atoms with E-state index in [1.54, 1.807) is 10.9 Å². The third-order valence-corrected chi connectivity index (χ3v) is 5.68. The fourth-order valence-electron chi connectivity index (χ4n) is 3.94. The lowest BCUT2D eigenvalue weighted by Gasteiger charge is -2.31. The number of primary amides is 1. The first kappa shape index (κ1) is 21.4. The van der Waals surface area contributed by atoms with Crippen LogP contribution in [0, 0.1) is 5.92 Å². The molecular weight excluding hydrogens is 404 g/mol. The number of nitrogens with two attached hydrogens (primary N) is 1. The number of carbonyl (C=O) groups is 2. The minimum Gasteiger partial charge on any atom is -0.457 e. The van der Waals surface area contributed by atoms with Gasteiger partial charge in [0.1, 0.15) is 17.2 Å². The van der Waals surface area contributed by atoms with Gasteiger partial charge in [0.2, 0.25) is 5.91 Å². The Hall–Kier alpha value is -3.87. The van der Waals surface area contributed by atoms with Crippen molar-refractivity contribution < 1.29 is 14.3 Å². The van der Waals surface area contributed by atoms with E-state index < -0.39 is 5.91 Å². The highest BCUT2D eigenvalue weighted by Gasteiger charge is 2.23. The first-order valence-electron chi connectivity index (χ1n) is 10.7. The van der Waals surface area contributed by atoms with Crippen LogP contribution in [0.3, 0.4) is 0 Å². The maximum atomic E-state index is 12.1. The van der Waals surface area contributed by atoms with Crippen LogP contribution in [0.1, 0.15) is 23.2 Å². The van der Waals surface area contributed by atoms with Crippen molar-refractivity contribution in [1.82, 2.24) is 14.7 Å². The fraction of sp³-hybridized carbons (Fsp3) is 0.240. The Morgan fingerprint density at radius 2 is 1.72 bits per heavy atom. The van der Waals surface area contributed by atoms with Crippen molar-refractivity contribution in [3.8, 4) is 22.8 Å². The number of benzene rings is 2. The van der Waals surface area contributed by atoms with Crippen LogP contribution in [0.5, 0.6) is 11.5 Å². The summed E-state index contributed by atoms with van der Waals surface area (Å²) in [7, 11) is 0. The predicted molar refractivity (Wildman–Crippen MR) is 122 cm³/mol. The first-order chi connectivity index (χ1) is 15.5. The highest BCUT2D eigenvalue weighted by Crippen LogP contribution is 2.28. The summed E-state index contributed by atoms with van der Waals surface area (Å²) in [5, 5.41) is 4.66. The Morgan fingerprint density at radius 3 is 2.34 bits per heavy atom. The quantitative estimate of drug-likeness (QED) is 0.576. The number of ether oxygens (including phenoxy) is 1. The summed E-state index contributed by atoms with van der Waals surface area (Å²) in [6.07, 6.45) is 4.83. The van der Waals surface area contributed by atoms with Crippen molar-refractivity contribution in [1.29, 1.82) is 0 Å². The van der Waals surface area contributed by atoms with Crippen LogP contribution < -0.4 is 10.5 Å². The number of aromatic nitrogens is 2. The fourth-order valence-corrected chi connectivity index (χ4v) is 3.94. The van der Waals surface area contributed by atoms with Crippen LogP contribution in [0.25, 0.3) is 11.3 Å². The van der Waals surface area contributed by atoms with Gasteiger partial charge in [-0.2, -0.15) is 5.10 Å². The number of rotatable bonds is 7. The van der Waals surface area contributed by atoms with Crippen LogP contribution in [0.2, 0.25) is 0 Å². The number of amides is 2. The van der Waals surface area contributed by atoms with E-state index in [0.717, 1.165) is 24.2 Å². The molecular formula is C25H26N4O3. The number of piperidine rings is 1. The Balaban J connectivity index is 1.47. The Kier molecular flexibility index (Phi) is 6.35. The van der Waals surface area contributed by atoms with Crippen LogP contribution >= 0.6 is 0 Å². The molecule has 2 heterocycles. The number of hydrogen-bond donors (Lipinski definition) is 1. The molecule has 2 amide bonds. The lowest BCUT2D eigenvalue weighted by molar-refractivity contribution is -0.127. The molecule has 0 radical (unpaired) electrons. The summed E-state index contributed by atoms with van der Waals surface area (Å²) in [4.78, 5) is 25.6. The summed E-state index contributed by atoms with van der Waals surface area (Å²) >= 11 is 0. The molecule has 1 saturated heterocycles. The highest BCUT2D eigenvalue weighted by atomic mass is 16.5. The molecule has 2 aromatic carbocycles. The summed E-state index contributed by atoms with van der Waals surface area (Å²) in [6.45, 7) is 5.63. The zero-order chi connectivity index (χ0) is 22.5. The highest BCUT2D eigenvalue weighted by molar-refractivity contribution is 5.98. The van der Waals surface area contributed by atoms with Gasteiger partial charge in [-0.1, -0.05) is 24.8 Å². The second-order valence-corrected chi connectivity index (χ2v) is 7.89. The Labute approximate surface area is 187 Å². The van der Waals surface area contributed by atoms with Gasteiger partial charge in [0.25, 0.3) is 5.91 Å². The van der Waals surface area contributed by atoms with Crippen molar-refractivity contribution in [2.45, 2.75) is 19.4 Å². The largest absolute Gasteiger partial charge is 0.457 e. The van der Waals surface area contributed by atoms with E-state index in [2.05, 4.69) is 11.7 Å². The Bertz CT molecular complexity index is 1100. The number of carbonyl (C=O) groups excluding carboxylic acids is 2. The lowest BCUT2D eigenvalue weighted by Crippen LogP contribution is -2.38. The number of likely N-dealkylation sites (tertiary alicyclic amines) is 1. The van der Waals surface area contributed by atoms with Crippen LogP contribution in [-0.2, 0) is 11.3 Å². The van der Waals surface area contributed by atoms with E-state index in [9.17, 15) is 9.59 Å². The van der Waals surface area contributed by atoms with Gasteiger partial charge in [-0.25, -0.2) is 0 Å². The minimum atomic E-state index is -0.512. The second kappa shape index (κ2) is 9.51. The maximum absolute atomic E-state index is 12.1. The van der Waals surface area contributed by atoms with Gasteiger partial charge >= 0.3 is 0 Å². The molecule has 0 atom stereocenters. The average Bonchev–Trinajstić information content (AvgIpc) is 3.24. The van der Waals surface area contributed by atoms with Crippen LogP contribution in [0.15, 0.2) is 73.4 Å². The van der Waals surface area contributed by atoms with Gasteiger partial charge in [0, 0.05) is 31.4 Å². The second-order valence-electron chi connectivity index (χ2n) is 7.89. The van der Waals surface area contributed by atoms with E-state index in [-0.39, 0.29) is 5.91 Å². The standard InChI is InChI=1S/C25H26N4O3/c1-2-23(30)28-14-12-18(13-15-28)16-29-17-22(25(26)31)24(27-29)19-8-10-21(11-9-19)32-20-6-4-3-5-7-20/h2-11,17-18H,1,12-16H2,(H2,26,31). The van der Waals surface area contributed by atoms with Gasteiger partial charge in [0.15, 0.2) is 0 Å². The molecule has 0 saturated carbocycles. The number of hydrogen-bond acceptors (Lipinski definition) is 4. The zero-order valence-electron chi connectivity index (χ0n) is 17.8. The SMILES string of the molecule is C=CC(=O)N1CCC(Cn2cc(C(N)=O)c(-c3ccc(Oc4ccccc4)cc3)n2)CC1. The molecule has 0 bridgehead atoms. The Morgan fingerprint density at radius 1 is 1.06 bits per heavy atom. The maximum Gasteiger partial charge on any atom is 0.252 e. The molecule has 7 heteroatoms. The van der Waals surface area contributed by atoms with Crippen LogP contribution in [0.4, 0.5) is 0 Å². The average molecular weight is 431 g/mol. The minimum absolute atomic E-state index is 0.0273. The molecule has 2 N–H and O–H groups in total. The van der Waals surface area contributed by atoms with E-state index in [1.165, 1.54) is 6.08 Å². The predicted octanol–water partition coefficient (Wildman–Crippen LogP) is 3.87.